The second-order valence-electron chi connectivity index (χ2n) is 6.68. The molecule has 5 heteroatoms. The Morgan fingerprint density at radius 1 is 1.17 bits per heavy atom. The van der Waals surface area contributed by atoms with E-state index in [0.29, 0.717) is 5.69 Å². The van der Waals surface area contributed by atoms with E-state index in [1.54, 1.807) is 6.07 Å². The maximum Gasteiger partial charge on any atom is 0.244 e. The lowest BCUT2D eigenvalue weighted by Crippen LogP contribution is -2.39. The fourth-order valence-corrected chi connectivity index (χ4v) is 4.19. The number of hydrogen-bond acceptors (Lipinski definition) is 3. The second kappa shape index (κ2) is 5.05. The Labute approximate surface area is 134 Å². The summed E-state index contributed by atoms with van der Waals surface area (Å²) in [7, 11) is 0. The van der Waals surface area contributed by atoms with Crippen LogP contribution in [0, 0.1) is 30.6 Å². The summed E-state index contributed by atoms with van der Waals surface area (Å²) in [5, 5.41) is 2.75. The Morgan fingerprint density at radius 2 is 1.83 bits per heavy atom. The fourth-order valence-electron chi connectivity index (χ4n) is 4.19. The van der Waals surface area contributed by atoms with Crippen molar-refractivity contribution in [2.24, 2.45) is 23.7 Å². The number of aryl methyl sites for hydroxylation is 1. The maximum atomic E-state index is 12.5. The largest absolute Gasteiger partial charge is 0.325 e. The molecule has 0 aromatic heterocycles. The lowest BCUT2D eigenvalue weighted by atomic mass is 9.85. The number of imide groups is 1. The molecule has 1 heterocycles. The van der Waals surface area contributed by atoms with Crippen molar-refractivity contribution in [2.75, 3.05) is 11.9 Å². The summed E-state index contributed by atoms with van der Waals surface area (Å²) in [6.07, 6.45) is 5.00. The standard InChI is InChI=1S/C18H18N2O3/c1-10-3-2-4-13(7-10)19-14(21)9-20-17(22)15-11-5-6-12(8-11)16(15)18(20)23/h2-7,11-12,15-16H,8-9H2,1H3,(H,19,21)/t11-,12+,15-,16-/m0/s1. The van der Waals surface area contributed by atoms with Crippen LogP contribution >= 0.6 is 0 Å². The molecule has 3 amide bonds. The molecule has 0 spiro atoms. The molecule has 2 bridgehead atoms. The van der Waals surface area contributed by atoms with Crippen LogP contribution in [0.4, 0.5) is 5.69 Å². The highest BCUT2D eigenvalue weighted by Crippen LogP contribution is 2.52. The Morgan fingerprint density at radius 3 is 2.43 bits per heavy atom. The van der Waals surface area contributed by atoms with E-state index in [1.807, 2.05) is 37.3 Å². The van der Waals surface area contributed by atoms with Crippen LogP contribution < -0.4 is 5.32 Å². The molecule has 1 aromatic carbocycles. The zero-order valence-corrected chi connectivity index (χ0v) is 12.9. The molecule has 1 saturated heterocycles. The molecule has 1 aliphatic heterocycles. The van der Waals surface area contributed by atoms with Gasteiger partial charge in [-0.15, -0.1) is 0 Å². The average Bonchev–Trinajstić information content (AvgIpc) is 3.17. The number of benzene rings is 1. The van der Waals surface area contributed by atoms with Crippen LogP contribution in [0.15, 0.2) is 36.4 Å². The zero-order chi connectivity index (χ0) is 16.1. The molecule has 3 aliphatic rings. The SMILES string of the molecule is Cc1cccc(NC(=O)CN2C(=O)[C@@H]3[C@@H](C2=O)[C@H]2C=C[C@@H]3C2)c1. The number of carbonyl (C=O) groups is 3. The molecule has 23 heavy (non-hydrogen) atoms. The van der Waals surface area contributed by atoms with Gasteiger partial charge in [0.2, 0.25) is 17.7 Å². The highest BCUT2D eigenvalue weighted by molar-refractivity contribution is 6.09. The summed E-state index contributed by atoms with van der Waals surface area (Å²) >= 11 is 0. The second-order valence-corrected chi connectivity index (χ2v) is 6.68. The van der Waals surface area contributed by atoms with Crippen LogP contribution in [0.25, 0.3) is 0 Å². The highest BCUT2D eigenvalue weighted by atomic mass is 16.2. The van der Waals surface area contributed by atoms with Gasteiger partial charge in [-0.05, 0) is 42.9 Å². The van der Waals surface area contributed by atoms with E-state index in [-0.39, 0.29) is 47.9 Å². The molecule has 4 atom stereocenters. The van der Waals surface area contributed by atoms with E-state index >= 15 is 0 Å². The van der Waals surface area contributed by atoms with Crippen LogP contribution in [-0.4, -0.2) is 29.2 Å². The Balaban J connectivity index is 1.46. The van der Waals surface area contributed by atoms with Gasteiger partial charge in [0.05, 0.1) is 11.8 Å². The molecule has 5 nitrogen and oxygen atoms in total. The fraction of sp³-hybridized carbons (Fsp3) is 0.389. The summed E-state index contributed by atoms with van der Waals surface area (Å²) in [5.41, 5.74) is 1.71. The molecular formula is C18H18N2O3. The molecule has 2 fully saturated rings. The van der Waals surface area contributed by atoms with Crippen LogP contribution in [0.1, 0.15) is 12.0 Å². The normalized spacial score (nSPS) is 30.9. The molecular weight excluding hydrogens is 292 g/mol. The highest BCUT2D eigenvalue weighted by Gasteiger charge is 2.59. The van der Waals surface area contributed by atoms with Crippen molar-refractivity contribution in [1.29, 1.82) is 0 Å². The molecule has 118 valence electrons. The van der Waals surface area contributed by atoms with Gasteiger partial charge >= 0.3 is 0 Å². The monoisotopic (exact) mass is 310 g/mol. The minimum absolute atomic E-state index is 0.172. The number of nitrogens with zero attached hydrogens (tertiary/aromatic N) is 1. The number of anilines is 1. The molecule has 0 radical (unpaired) electrons. The van der Waals surface area contributed by atoms with Crippen molar-refractivity contribution >= 4 is 23.4 Å². The predicted molar refractivity (Wildman–Crippen MR) is 84.2 cm³/mol. The van der Waals surface area contributed by atoms with E-state index < -0.39 is 0 Å². The number of fused-ring (bicyclic) bond motifs is 5. The number of amides is 3. The van der Waals surface area contributed by atoms with Gasteiger partial charge in [-0.3, -0.25) is 19.3 Å². The third-order valence-electron chi connectivity index (χ3n) is 5.17. The minimum Gasteiger partial charge on any atom is -0.325 e. The zero-order valence-electron chi connectivity index (χ0n) is 12.9. The van der Waals surface area contributed by atoms with E-state index in [9.17, 15) is 14.4 Å². The number of likely N-dealkylation sites (tertiary alicyclic amines) is 1. The topological polar surface area (TPSA) is 66.5 Å². The predicted octanol–water partition coefficient (Wildman–Crippen LogP) is 1.74. The van der Waals surface area contributed by atoms with Gasteiger partial charge in [-0.25, -0.2) is 0 Å². The smallest absolute Gasteiger partial charge is 0.244 e. The van der Waals surface area contributed by atoms with Crippen LogP contribution in [0.3, 0.4) is 0 Å². The van der Waals surface area contributed by atoms with E-state index in [1.165, 1.54) is 0 Å². The molecule has 1 aromatic rings. The molecule has 1 N–H and O–H groups in total. The number of hydrogen-bond donors (Lipinski definition) is 1. The number of rotatable bonds is 3. The van der Waals surface area contributed by atoms with Crippen molar-refractivity contribution in [3.05, 3.63) is 42.0 Å². The van der Waals surface area contributed by atoms with Gasteiger partial charge < -0.3 is 5.32 Å². The first-order valence-electron chi connectivity index (χ1n) is 7.94. The first-order valence-corrected chi connectivity index (χ1v) is 7.94. The van der Waals surface area contributed by atoms with Crippen molar-refractivity contribution in [2.45, 2.75) is 13.3 Å². The summed E-state index contributed by atoms with van der Waals surface area (Å²) < 4.78 is 0. The van der Waals surface area contributed by atoms with Gasteiger partial charge in [0, 0.05) is 5.69 Å². The quantitative estimate of drug-likeness (QED) is 0.683. The summed E-state index contributed by atoms with van der Waals surface area (Å²) in [6, 6.07) is 7.43. The Kier molecular flexibility index (Phi) is 3.11. The first-order chi connectivity index (χ1) is 11.0. The number of nitrogens with one attached hydrogen (secondary N) is 1. The van der Waals surface area contributed by atoms with Crippen LogP contribution in [0.2, 0.25) is 0 Å². The summed E-state index contributed by atoms with van der Waals surface area (Å²) in [5.74, 6) is -0.851. The Bertz CT molecular complexity index is 710. The third kappa shape index (κ3) is 2.19. The molecule has 1 saturated carbocycles. The van der Waals surface area contributed by atoms with Crippen LogP contribution in [-0.2, 0) is 14.4 Å². The average molecular weight is 310 g/mol. The number of carbonyl (C=O) groups excluding carboxylic acids is 3. The van der Waals surface area contributed by atoms with Gasteiger partial charge in [0.25, 0.3) is 0 Å². The van der Waals surface area contributed by atoms with Gasteiger partial charge in [-0.1, -0.05) is 24.3 Å². The summed E-state index contributed by atoms with van der Waals surface area (Å²) in [4.78, 5) is 38.4. The van der Waals surface area contributed by atoms with Gasteiger partial charge in [-0.2, -0.15) is 0 Å². The number of allylic oxidation sites excluding steroid dienone is 2. The maximum absolute atomic E-state index is 12.5. The lowest BCUT2D eigenvalue weighted by molar-refractivity contribution is -0.143. The van der Waals surface area contributed by atoms with E-state index in [4.69, 9.17) is 0 Å². The van der Waals surface area contributed by atoms with Crippen molar-refractivity contribution in [3.63, 3.8) is 0 Å². The van der Waals surface area contributed by atoms with Crippen molar-refractivity contribution in [1.82, 2.24) is 4.90 Å². The summed E-state index contributed by atoms with van der Waals surface area (Å²) in [6.45, 7) is 1.74. The Hall–Kier alpha value is -2.43. The lowest BCUT2D eigenvalue weighted by Gasteiger charge is -2.16. The minimum atomic E-state index is -0.336. The van der Waals surface area contributed by atoms with E-state index in [0.717, 1.165) is 16.9 Å². The third-order valence-corrected chi connectivity index (χ3v) is 5.17. The molecule has 4 rings (SSSR count). The molecule has 2 aliphatic carbocycles. The van der Waals surface area contributed by atoms with Crippen molar-refractivity contribution in [3.8, 4) is 0 Å². The molecule has 0 unspecified atom stereocenters. The van der Waals surface area contributed by atoms with Crippen molar-refractivity contribution < 1.29 is 14.4 Å². The van der Waals surface area contributed by atoms with Gasteiger partial charge in [0.15, 0.2) is 0 Å². The van der Waals surface area contributed by atoms with Crippen LogP contribution in [0.5, 0.6) is 0 Å². The van der Waals surface area contributed by atoms with Gasteiger partial charge in [0.1, 0.15) is 6.54 Å². The van der Waals surface area contributed by atoms with E-state index in [2.05, 4.69) is 5.32 Å². The first kappa shape index (κ1) is 14.2.